The summed E-state index contributed by atoms with van der Waals surface area (Å²) in [6, 6.07) is 0. The van der Waals surface area contributed by atoms with Crippen LogP contribution in [0.1, 0.15) is 27.1 Å². The molecule has 0 amide bonds. The SMILES string of the molecule is O=S(=O)(O)O.SCCCCCCS.[H-].[Na+]. The van der Waals surface area contributed by atoms with Crippen molar-refractivity contribution >= 4 is 35.7 Å². The summed E-state index contributed by atoms with van der Waals surface area (Å²) in [5.74, 6) is 2.07. The molecule has 0 bridgehead atoms. The molecule has 0 heterocycles. The van der Waals surface area contributed by atoms with Crippen molar-refractivity contribution < 1.29 is 48.5 Å². The van der Waals surface area contributed by atoms with Crippen molar-refractivity contribution in [1.82, 2.24) is 0 Å². The summed E-state index contributed by atoms with van der Waals surface area (Å²) in [5.41, 5.74) is 0. The molecule has 0 aromatic rings. The van der Waals surface area contributed by atoms with E-state index >= 15 is 0 Å². The molecule has 0 aromatic heterocycles. The van der Waals surface area contributed by atoms with Gasteiger partial charge in [-0.1, -0.05) is 12.8 Å². The molecule has 0 radical (unpaired) electrons. The van der Waals surface area contributed by atoms with Gasteiger partial charge >= 0.3 is 40.0 Å². The molecule has 0 aliphatic heterocycles. The maximum Gasteiger partial charge on any atom is 1.00 e. The molecule has 0 saturated carbocycles. The fourth-order valence-electron chi connectivity index (χ4n) is 0.577. The number of thiol groups is 2. The van der Waals surface area contributed by atoms with Crippen LogP contribution in [0.2, 0.25) is 0 Å². The summed E-state index contributed by atoms with van der Waals surface area (Å²) in [4.78, 5) is 0. The van der Waals surface area contributed by atoms with Crippen molar-refractivity contribution in [1.29, 1.82) is 0 Å². The molecular formula is C6H17NaO4S3. The second kappa shape index (κ2) is 14.6. The van der Waals surface area contributed by atoms with Gasteiger partial charge in [0, 0.05) is 0 Å². The Morgan fingerprint density at radius 3 is 1.29 bits per heavy atom. The van der Waals surface area contributed by atoms with E-state index in [1.54, 1.807) is 0 Å². The zero-order valence-electron chi connectivity index (χ0n) is 9.26. The van der Waals surface area contributed by atoms with E-state index in [-0.39, 0.29) is 31.0 Å². The van der Waals surface area contributed by atoms with E-state index in [0.717, 1.165) is 11.5 Å². The van der Waals surface area contributed by atoms with E-state index < -0.39 is 10.4 Å². The predicted molar refractivity (Wildman–Crippen MR) is 61.5 cm³/mol. The second-order valence-electron chi connectivity index (χ2n) is 2.31. The van der Waals surface area contributed by atoms with Crippen molar-refractivity contribution in [2.75, 3.05) is 11.5 Å². The first-order valence-electron chi connectivity index (χ1n) is 3.83. The Morgan fingerprint density at radius 1 is 0.929 bits per heavy atom. The van der Waals surface area contributed by atoms with Gasteiger partial charge in [0.05, 0.1) is 0 Å². The maximum atomic E-state index is 8.74. The van der Waals surface area contributed by atoms with Crippen molar-refractivity contribution in [3.63, 3.8) is 0 Å². The van der Waals surface area contributed by atoms with Gasteiger partial charge in [0.1, 0.15) is 0 Å². The molecular weight excluding hydrogens is 255 g/mol. The van der Waals surface area contributed by atoms with Gasteiger partial charge in [0.2, 0.25) is 0 Å². The number of rotatable bonds is 5. The smallest absolute Gasteiger partial charge is 1.00 e. The third kappa shape index (κ3) is 49.7. The van der Waals surface area contributed by atoms with Crippen LogP contribution in [0.25, 0.3) is 0 Å². The molecule has 0 unspecified atom stereocenters. The summed E-state index contributed by atoms with van der Waals surface area (Å²) in [7, 11) is -4.67. The van der Waals surface area contributed by atoms with Crippen molar-refractivity contribution in [2.24, 2.45) is 0 Å². The van der Waals surface area contributed by atoms with E-state index in [9.17, 15) is 0 Å². The predicted octanol–water partition coefficient (Wildman–Crippen LogP) is -1.13. The molecule has 4 nitrogen and oxygen atoms in total. The standard InChI is InChI=1S/C6H14S2.Na.H2O4S.H/c7-5-3-1-2-4-6-8;;1-5(2,3)4;/h7-8H,1-6H2;;(H2,1,2,3,4);/q;+1;;-1. The molecule has 2 N–H and O–H groups in total. The van der Waals surface area contributed by atoms with Gasteiger partial charge in [-0.2, -0.15) is 33.7 Å². The summed E-state index contributed by atoms with van der Waals surface area (Å²) in [6.45, 7) is 0. The second-order valence-corrected chi connectivity index (χ2v) is 4.10. The molecule has 0 fully saturated rings. The first-order valence-corrected chi connectivity index (χ1v) is 6.49. The zero-order valence-corrected chi connectivity index (χ0v) is 12.9. The average Bonchev–Trinajstić information content (AvgIpc) is 1.95. The van der Waals surface area contributed by atoms with Crippen molar-refractivity contribution in [2.45, 2.75) is 25.7 Å². The Bertz CT molecular complexity index is 175. The van der Waals surface area contributed by atoms with Crippen LogP contribution in [-0.4, -0.2) is 29.0 Å². The molecule has 0 rings (SSSR count). The van der Waals surface area contributed by atoms with E-state index in [4.69, 9.17) is 17.5 Å². The molecule has 0 spiro atoms. The fourth-order valence-corrected chi connectivity index (χ4v) is 1.02. The van der Waals surface area contributed by atoms with E-state index in [0.29, 0.717) is 0 Å². The van der Waals surface area contributed by atoms with Gasteiger partial charge in [0.15, 0.2) is 0 Å². The van der Waals surface area contributed by atoms with Gasteiger partial charge < -0.3 is 1.43 Å². The van der Waals surface area contributed by atoms with Crippen LogP contribution >= 0.6 is 25.3 Å². The Hall–Kier alpha value is 1.57. The quantitative estimate of drug-likeness (QED) is 0.221. The normalized spacial score (nSPS) is 9.71. The van der Waals surface area contributed by atoms with Gasteiger partial charge in [-0.05, 0) is 24.3 Å². The van der Waals surface area contributed by atoms with Crippen LogP contribution < -0.4 is 29.6 Å². The molecule has 0 aliphatic rings. The average molecular weight is 272 g/mol. The minimum Gasteiger partial charge on any atom is -1.00 e. The van der Waals surface area contributed by atoms with Gasteiger partial charge in [-0.25, -0.2) is 0 Å². The monoisotopic (exact) mass is 272 g/mol. The molecule has 0 aliphatic carbocycles. The number of hydrogen-bond donors (Lipinski definition) is 4. The van der Waals surface area contributed by atoms with E-state index in [2.05, 4.69) is 25.3 Å². The Morgan fingerprint density at radius 2 is 1.14 bits per heavy atom. The van der Waals surface area contributed by atoms with Gasteiger partial charge in [-0.3, -0.25) is 9.11 Å². The van der Waals surface area contributed by atoms with E-state index in [1.165, 1.54) is 25.7 Å². The Kier molecular flexibility index (Phi) is 21.8. The maximum absolute atomic E-state index is 8.74. The van der Waals surface area contributed by atoms with Gasteiger partial charge in [-0.15, -0.1) is 0 Å². The van der Waals surface area contributed by atoms with Gasteiger partial charge in [0.25, 0.3) is 0 Å². The molecule has 14 heavy (non-hydrogen) atoms. The van der Waals surface area contributed by atoms with Crippen molar-refractivity contribution in [3.05, 3.63) is 0 Å². The first-order chi connectivity index (χ1) is 5.91. The minimum atomic E-state index is -4.67. The number of unbranched alkanes of at least 4 members (excludes halogenated alkanes) is 3. The van der Waals surface area contributed by atoms with Crippen LogP contribution in [0.5, 0.6) is 0 Å². The zero-order chi connectivity index (χ0) is 10.7. The van der Waals surface area contributed by atoms with Crippen LogP contribution in [0.4, 0.5) is 0 Å². The fraction of sp³-hybridized carbons (Fsp3) is 1.00. The minimum absolute atomic E-state index is 0. The van der Waals surface area contributed by atoms with Crippen LogP contribution in [-0.2, 0) is 10.4 Å². The van der Waals surface area contributed by atoms with E-state index in [1.807, 2.05) is 0 Å². The molecule has 84 valence electrons. The van der Waals surface area contributed by atoms with Crippen LogP contribution in [0.15, 0.2) is 0 Å². The first kappa shape index (κ1) is 20.9. The van der Waals surface area contributed by atoms with Crippen LogP contribution in [0.3, 0.4) is 0 Å². The Labute approximate surface area is 120 Å². The summed E-state index contributed by atoms with van der Waals surface area (Å²) in [5, 5.41) is 0. The molecule has 8 heteroatoms. The van der Waals surface area contributed by atoms with Crippen LogP contribution in [0, 0.1) is 0 Å². The van der Waals surface area contributed by atoms with Crippen molar-refractivity contribution in [3.8, 4) is 0 Å². The summed E-state index contributed by atoms with van der Waals surface area (Å²) < 4.78 is 31.6. The third-order valence-electron chi connectivity index (χ3n) is 1.07. The summed E-state index contributed by atoms with van der Waals surface area (Å²) >= 11 is 8.21. The third-order valence-corrected chi connectivity index (χ3v) is 1.70. The topological polar surface area (TPSA) is 74.6 Å². The molecule has 0 atom stereocenters. The Balaban J connectivity index is -0.0000000770. The summed E-state index contributed by atoms with van der Waals surface area (Å²) in [6.07, 6.45) is 5.17. The number of hydrogen-bond acceptors (Lipinski definition) is 4. The largest absolute Gasteiger partial charge is 1.00 e. The molecule has 0 aromatic carbocycles. The molecule has 0 saturated heterocycles.